The Kier molecular flexibility index (Phi) is 6.99. The minimum Gasteiger partial charge on any atom is -0.485 e. The first-order chi connectivity index (χ1) is 13.5. The normalized spacial score (nSPS) is 19.6. The first-order valence-electron chi connectivity index (χ1n) is 10.1. The highest BCUT2D eigenvalue weighted by atomic mass is 32.2. The Balaban J connectivity index is 1.62. The fourth-order valence-corrected chi connectivity index (χ4v) is 4.72. The van der Waals surface area contributed by atoms with Gasteiger partial charge in [-0.15, -0.1) is 10.2 Å². The number of benzene rings is 1. The van der Waals surface area contributed by atoms with Crippen LogP contribution in [0.25, 0.3) is 0 Å². The average molecular weight is 403 g/mol. The molecule has 0 radical (unpaired) electrons. The number of carbonyl (C=O) groups is 1. The van der Waals surface area contributed by atoms with Crippen LogP contribution in [0.1, 0.15) is 51.4 Å². The predicted octanol–water partition coefficient (Wildman–Crippen LogP) is 4.07. The molecule has 2 atom stereocenters. The van der Waals surface area contributed by atoms with E-state index in [9.17, 15) is 4.79 Å². The molecule has 1 fully saturated rings. The first-order valence-corrected chi connectivity index (χ1v) is 11.0. The van der Waals surface area contributed by atoms with Gasteiger partial charge in [-0.25, -0.2) is 0 Å². The highest BCUT2D eigenvalue weighted by Crippen LogP contribution is 2.25. The molecule has 0 N–H and O–H groups in total. The van der Waals surface area contributed by atoms with Crippen LogP contribution in [0.5, 0.6) is 5.75 Å². The van der Waals surface area contributed by atoms with Crippen molar-refractivity contribution in [1.29, 1.82) is 0 Å². The Morgan fingerprint density at radius 1 is 1.21 bits per heavy atom. The highest BCUT2D eigenvalue weighted by molar-refractivity contribution is 7.99. The SMILES string of the molecule is CCn1c(COc2ccccc2C)nnc1SCC(=O)N1C(C)CCCC1C. The van der Waals surface area contributed by atoms with Gasteiger partial charge in [0.05, 0.1) is 5.75 Å². The van der Waals surface area contributed by atoms with Crippen LogP contribution < -0.4 is 4.74 Å². The molecule has 0 bridgehead atoms. The van der Waals surface area contributed by atoms with E-state index in [2.05, 4.69) is 31.0 Å². The second-order valence-corrected chi connectivity index (χ2v) is 8.36. The van der Waals surface area contributed by atoms with E-state index in [0.29, 0.717) is 24.4 Å². The van der Waals surface area contributed by atoms with Crippen molar-refractivity contribution in [3.8, 4) is 5.75 Å². The number of piperidine rings is 1. The van der Waals surface area contributed by atoms with Crippen molar-refractivity contribution in [2.24, 2.45) is 0 Å². The lowest BCUT2D eigenvalue weighted by Gasteiger charge is -2.39. The van der Waals surface area contributed by atoms with Crippen LogP contribution in [-0.2, 0) is 17.9 Å². The Labute approximate surface area is 171 Å². The molecule has 2 unspecified atom stereocenters. The number of ether oxygens (including phenoxy) is 1. The van der Waals surface area contributed by atoms with Crippen molar-refractivity contribution in [2.75, 3.05) is 5.75 Å². The molecule has 0 aliphatic carbocycles. The molecule has 2 aromatic rings. The zero-order chi connectivity index (χ0) is 20.1. The molecule has 1 aliphatic heterocycles. The lowest BCUT2D eigenvalue weighted by molar-refractivity contribution is -0.134. The summed E-state index contributed by atoms with van der Waals surface area (Å²) in [6.45, 7) is 9.48. The minimum atomic E-state index is 0.188. The second kappa shape index (κ2) is 9.45. The zero-order valence-electron chi connectivity index (χ0n) is 17.2. The third-order valence-electron chi connectivity index (χ3n) is 5.37. The van der Waals surface area contributed by atoms with Crippen molar-refractivity contribution in [3.05, 3.63) is 35.7 Å². The lowest BCUT2D eigenvalue weighted by Crippen LogP contribution is -2.48. The van der Waals surface area contributed by atoms with Gasteiger partial charge in [0.25, 0.3) is 0 Å². The molecule has 1 saturated heterocycles. The molecule has 152 valence electrons. The Morgan fingerprint density at radius 2 is 1.93 bits per heavy atom. The van der Waals surface area contributed by atoms with E-state index in [1.165, 1.54) is 18.2 Å². The van der Waals surface area contributed by atoms with Crippen LogP contribution in [0.3, 0.4) is 0 Å². The highest BCUT2D eigenvalue weighted by Gasteiger charge is 2.29. The standard InChI is InChI=1S/C21H30N4O2S/c1-5-24-19(13-27-18-12-7-6-9-15(18)2)22-23-21(24)28-14-20(26)25-16(3)10-8-11-17(25)4/h6-7,9,12,16-17H,5,8,10-11,13-14H2,1-4H3. The number of hydrogen-bond donors (Lipinski definition) is 0. The van der Waals surface area contributed by atoms with E-state index in [-0.39, 0.29) is 5.91 Å². The fraction of sp³-hybridized carbons (Fsp3) is 0.571. The molecule has 2 heterocycles. The molecule has 0 spiro atoms. The van der Waals surface area contributed by atoms with Gasteiger partial charge >= 0.3 is 0 Å². The molecule has 1 aromatic heterocycles. The van der Waals surface area contributed by atoms with E-state index < -0.39 is 0 Å². The molecule has 1 aliphatic rings. The summed E-state index contributed by atoms with van der Waals surface area (Å²) in [6.07, 6.45) is 3.38. The van der Waals surface area contributed by atoms with Gasteiger partial charge in [0.2, 0.25) is 5.91 Å². The summed E-state index contributed by atoms with van der Waals surface area (Å²) in [5, 5.41) is 9.37. The number of hydrogen-bond acceptors (Lipinski definition) is 5. The first kappa shape index (κ1) is 20.7. The number of aryl methyl sites for hydroxylation is 1. The van der Waals surface area contributed by atoms with Gasteiger partial charge in [-0.1, -0.05) is 30.0 Å². The van der Waals surface area contributed by atoms with Crippen molar-refractivity contribution < 1.29 is 9.53 Å². The Hall–Kier alpha value is -2.02. The van der Waals surface area contributed by atoms with Crippen LogP contribution in [0, 0.1) is 6.92 Å². The maximum atomic E-state index is 12.8. The maximum absolute atomic E-state index is 12.8. The number of nitrogens with zero attached hydrogens (tertiary/aromatic N) is 4. The monoisotopic (exact) mass is 402 g/mol. The van der Waals surface area contributed by atoms with Gasteiger partial charge < -0.3 is 14.2 Å². The van der Waals surface area contributed by atoms with E-state index in [1.54, 1.807) is 0 Å². The van der Waals surface area contributed by atoms with E-state index in [1.807, 2.05) is 40.7 Å². The summed E-state index contributed by atoms with van der Waals surface area (Å²) in [4.78, 5) is 14.8. The van der Waals surface area contributed by atoms with Crippen LogP contribution in [0.2, 0.25) is 0 Å². The molecular weight excluding hydrogens is 372 g/mol. The summed E-state index contributed by atoms with van der Waals surface area (Å²) in [7, 11) is 0. The molecule has 0 saturated carbocycles. The predicted molar refractivity (Wildman–Crippen MR) is 112 cm³/mol. The van der Waals surface area contributed by atoms with Crippen LogP contribution in [-0.4, -0.2) is 43.4 Å². The number of para-hydroxylation sites is 1. The molecule has 28 heavy (non-hydrogen) atoms. The number of likely N-dealkylation sites (tertiary alicyclic amines) is 1. The Bertz CT molecular complexity index is 797. The lowest BCUT2D eigenvalue weighted by atomic mass is 9.98. The van der Waals surface area contributed by atoms with Crippen molar-refractivity contribution in [3.63, 3.8) is 0 Å². The maximum Gasteiger partial charge on any atom is 0.233 e. The number of thioether (sulfide) groups is 1. The van der Waals surface area contributed by atoms with E-state index in [4.69, 9.17) is 4.74 Å². The smallest absolute Gasteiger partial charge is 0.233 e. The van der Waals surface area contributed by atoms with Crippen LogP contribution in [0.4, 0.5) is 0 Å². The largest absolute Gasteiger partial charge is 0.485 e. The fourth-order valence-electron chi connectivity index (χ4n) is 3.82. The van der Waals surface area contributed by atoms with Gasteiger partial charge in [-0.2, -0.15) is 0 Å². The zero-order valence-corrected chi connectivity index (χ0v) is 18.0. The van der Waals surface area contributed by atoms with Gasteiger partial charge in [-0.05, 0) is 58.6 Å². The molecule has 7 heteroatoms. The number of amides is 1. The quantitative estimate of drug-likeness (QED) is 0.654. The summed E-state index contributed by atoms with van der Waals surface area (Å²) >= 11 is 1.47. The van der Waals surface area contributed by atoms with Gasteiger partial charge in [0, 0.05) is 18.6 Å². The number of aromatic nitrogens is 3. The third kappa shape index (κ3) is 4.69. The summed E-state index contributed by atoms with van der Waals surface area (Å²) in [5.41, 5.74) is 1.09. The summed E-state index contributed by atoms with van der Waals surface area (Å²) in [5.74, 6) is 2.21. The third-order valence-corrected chi connectivity index (χ3v) is 6.32. The number of carbonyl (C=O) groups excluding carboxylic acids is 1. The van der Waals surface area contributed by atoms with Gasteiger partial charge in [0.1, 0.15) is 12.4 Å². The average Bonchev–Trinajstić information content (AvgIpc) is 3.07. The van der Waals surface area contributed by atoms with Gasteiger partial charge in [0.15, 0.2) is 11.0 Å². The number of rotatable bonds is 7. The van der Waals surface area contributed by atoms with Crippen LogP contribution >= 0.6 is 11.8 Å². The molecular formula is C21H30N4O2S. The molecule has 1 amide bonds. The van der Waals surface area contributed by atoms with Crippen molar-refractivity contribution >= 4 is 17.7 Å². The minimum absolute atomic E-state index is 0.188. The molecule has 1 aromatic carbocycles. The van der Waals surface area contributed by atoms with E-state index in [0.717, 1.165) is 41.7 Å². The topological polar surface area (TPSA) is 60.2 Å². The van der Waals surface area contributed by atoms with Gasteiger partial charge in [-0.3, -0.25) is 4.79 Å². The molecule has 3 rings (SSSR count). The second-order valence-electron chi connectivity index (χ2n) is 7.42. The summed E-state index contributed by atoms with van der Waals surface area (Å²) in [6, 6.07) is 8.57. The van der Waals surface area contributed by atoms with Crippen molar-refractivity contribution in [1.82, 2.24) is 19.7 Å². The Morgan fingerprint density at radius 3 is 2.61 bits per heavy atom. The van der Waals surface area contributed by atoms with Crippen molar-refractivity contribution in [2.45, 2.75) is 77.3 Å². The molecule has 6 nitrogen and oxygen atoms in total. The summed E-state index contributed by atoms with van der Waals surface area (Å²) < 4.78 is 7.95. The van der Waals surface area contributed by atoms with E-state index >= 15 is 0 Å². The van der Waals surface area contributed by atoms with Crippen LogP contribution in [0.15, 0.2) is 29.4 Å².